The largest absolute Gasteiger partial charge is 0.497 e. The maximum atomic E-state index is 13.4. The second kappa shape index (κ2) is 12.9. The predicted octanol–water partition coefficient (Wildman–Crippen LogP) is 3.65. The van der Waals surface area contributed by atoms with Crippen molar-refractivity contribution in [2.75, 3.05) is 57.9 Å². The molecule has 2 aromatic carbocycles. The lowest BCUT2D eigenvalue weighted by atomic mass is 10.1. The molecular weight excluding hydrogens is 513 g/mol. The van der Waals surface area contributed by atoms with E-state index in [1.165, 1.54) is 12.1 Å². The van der Waals surface area contributed by atoms with Crippen LogP contribution >= 0.6 is 0 Å². The van der Waals surface area contributed by atoms with Gasteiger partial charge < -0.3 is 24.2 Å². The van der Waals surface area contributed by atoms with Gasteiger partial charge >= 0.3 is 0 Å². The molecule has 10 heteroatoms. The third-order valence-electron chi connectivity index (χ3n) is 7.36. The Kier molecular flexibility index (Phi) is 8.85. The van der Waals surface area contributed by atoms with Gasteiger partial charge in [0.1, 0.15) is 18.1 Å². The molecule has 0 aliphatic carbocycles. The molecule has 2 saturated heterocycles. The third kappa shape index (κ3) is 6.74. The van der Waals surface area contributed by atoms with E-state index in [4.69, 9.17) is 9.47 Å². The number of hydrogen-bond donors (Lipinski definition) is 0. The van der Waals surface area contributed by atoms with Crippen LogP contribution < -0.4 is 9.64 Å². The monoisotopic (exact) mass is 547 g/mol. The van der Waals surface area contributed by atoms with Crippen LogP contribution in [0.3, 0.4) is 0 Å². The molecule has 2 aliphatic heterocycles. The second-order valence-corrected chi connectivity index (χ2v) is 10.1. The van der Waals surface area contributed by atoms with Gasteiger partial charge in [0, 0.05) is 50.5 Å². The minimum absolute atomic E-state index is 0.00308. The Balaban J connectivity index is 1.22. The Bertz CT molecular complexity index is 1280. The first kappa shape index (κ1) is 27.5. The molecule has 2 aliphatic rings. The number of benzene rings is 2. The van der Waals surface area contributed by atoms with Crippen molar-refractivity contribution in [3.63, 3.8) is 0 Å². The summed E-state index contributed by atoms with van der Waals surface area (Å²) >= 11 is 0. The molecule has 3 heterocycles. The van der Waals surface area contributed by atoms with Gasteiger partial charge in [0.15, 0.2) is 5.82 Å². The number of amides is 2. The van der Waals surface area contributed by atoms with Gasteiger partial charge in [-0.15, -0.1) is 10.2 Å². The molecule has 2 fully saturated rings. The van der Waals surface area contributed by atoms with Crippen molar-refractivity contribution in [3.8, 4) is 17.0 Å². The van der Waals surface area contributed by atoms with E-state index in [1.807, 2.05) is 17.0 Å². The molecular formula is C30H34FN5O4. The zero-order valence-corrected chi connectivity index (χ0v) is 22.7. The summed E-state index contributed by atoms with van der Waals surface area (Å²) in [6, 6.07) is 16.9. The van der Waals surface area contributed by atoms with Crippen LogP contribution in [0.25, 0.3) is 11.3 Å². The normalized spacial score (nSPS) is 17.4. The van der Waals surface area contributed by atoms with Crippen molar-refractivity contribution in [2.45, 2.75) is 25.4 Å². The highest BCUT2D eigenvalue weighted by Crippen LogP contribution is 2.21. The van der Waals surface area contributed by atoms with E-state index in [1.54, 1.807) is 48.4 Å². The second-order valence-electron chi connectivity index (χ2n) is 10.1. The predicted molar refractivity (Wildman–Crippen MR) is 149 cm³/mol. The Morgan fingerprint density at radius 1 is 0.975 bits per heavy atom. The van der Waals surface area contributed by atoms with Crippen molar-refractivity contribution in [3.05, 3.63) is 72.0 Å². The van der Waals surface area contributed by atoms with Gasteiger partial charge in [-0.3, -0.25) is 9.59 Å². The summed E-state index contributed by atoms with van der Waals surface area (Å²) in [7, 11) is 1.58. The van der Waals surface area contributed by atoms with Crippen LogP contribution in [-0.2, 0) is 9.53 Å². The van der Waals surface area contributed by atoms with Crippen LogP contribution in [0, 0.1) is 5.82 Å². The van der Waals surface area contributed by atoms with E-state index in [2.05, 4.69) is 15.1 Å². The highest BCUT2D eigenvalue weighted by molar-refractivity contribution is 5.96. The lowest BCUT2D eigenvalue weighted by Crippen LogP contribution is -2.46. The molecule has 1 unspecified atom stereocenters. The summed E-state index contributed by atoms with van der Waals surface area (Å²) in [6.45, 7) is 3.52. The lowest BCUT2D eigenvalue weighted by Gasteiger charge is -2.28. The standard InChI is InChI=1S/C30H34FN5O4/c1-39-25-11-7-23(8-12-25)30(38)36(20-26-4-2-19-40-26)21-29(37)35-16-3-15-34(17-18-35)28-14-13-27(32-33-28)22-5-9-24(31)10-6-22/h5-14,26H,2-4,15-21H2,1H3. The maximum Gasteiger partial charge on any atom is 0.254 e. The fourth-order valence-corrected chi connectivity index (χ4v) is 5.10. The smallest absolute Gasteiger partial charge is 0.254 e. The fraction of sp³-hybridized carbons (Fsp3) is 0.400. The van der Waals surface area contributed by atoms with E-state index in [-0.39, 0.29) is 30.3 Å². The zero-order valence-electron chi connectivity index (χ0n) is 22.7. The number of nitrogens with zero attached hydrogens (tertiary/aromatic N) is 5. The SMILES string of the molecule is COc1ccc(C(=O)N(CC(=O)N2CCCN(c3ccc(-c4ccc(F)cc4)nn3)CC2)CC2CCCO2)cc1. The van der Waals surface area contributed by atoms with E-state index < -0.39 is 0 Å². The van der Waals surface area contributed by atoms with E-state index in [0.717, 1.165) is 37.2 Å². The van der Waals surface area contributed by atoms with Gasteiger partial charge in [-0.1, -0.05) is 0 Å². The Hall–Kier alpha value is -4.05. The van der Waals surface area contributed by atoms with E-state index in [9.17, 15) is 14.0 Å². The van der Waals surface area contributed by atoms with Gasteiger partial charge in [0.25, 0.3) is 5.91 Å². The Labute approximate surface area is 233 Å². The van der Waals surface area contributed by atoms with Gasteiger partial charge in [0.05, 0.1) is 18.9 Å². The molecule has 3 aromatic rings. The van der Waals surface area contributed by atoms with Crippen LogP contribution in [-0.4, -0.2) is 90.9 Å². The summed E-state index contributed by atoms with van der Waals surface area (Å²) in [5.41, 5.74) is 1.98. The number of carbonyl (C=O) groups excluding carboxylic acids is 2. The number of rotatable bonds is 8. The lowest BCUT2D eigenvalue weighted by molar-refractivity contribution is -0.132. The van der Waals surface area contributed by atoms with Crippen molar-refractivity contribution < 1.29 is 23.5 Å². The summed E-state index contributed by atoms with van der Waals surface area (Å²) in [5, 5.41) is 8.72. The molecule has 9 nitrogen and oxygen atoms in total. The number of anilines is 1. The highest BCUT2D eigenvalue weighted by Gasteiger charge is 2.28. The first-order valence-electron chi connectivity index (χ1n) is 13.7. The van der Waals surface area contributed by atoms with Crippen LogP contribution in [0.2, 0.25) is 0 Å². The maximum absolute atomic E-state index is 13.4. The van der Waals surface area contributed by atoms with Crippen LogP contribution in [0.15, 0.2) is 60.7 Å². The van der Waals surface area contributed by atoms with E-state index in [0.29, 0.717) is 49.8 Å². The van der Waals surface area contributed by atoms with Crippen molar-refractivity contribution in [1.29, 1.82) is 0 Å². The van der Waals surface area contributed by atoms with Crippen LogP contribution in [0.4, 0.5) is 10.2 Å². The minimum atomic E-state index is -0.294. The number of ether oxygens (including phenoxy) is 2. The summed E-state index contributed by atoms with van der Waals surface area (Å²) < 4.78 is 24.2. The Morgan fingerprint density at radius 2 is 1.77 bits per heavy atom. The van der Waals surface area contributed by atoms with Gasteiger partial charge in [-0.2, -0.15) is 0 Å². The zero-order chi connectivity index (χ0) is 27.9. The average Bonchev–Trinajstić information content (AvgIpc) is 3.38. The summed E-state index contributed by atoms with van der Waals surface area (Å²) in [6.07, 6.45) is 2.54. The quantitative estimate of drug-likeness (QED) is 0.425. The molecule has 2 amide bonds. The molecule has 1 aromatic heterocycles. The number of aromatic nitrogens is 2. The molecule has 0 saturated carbocycles. The topological polar surface area (TPSA) is 88.1 Å². The third-order valence-corrected chi connectivity index (χ3v) is 7.36. The number of hydrogen-bond acceptors (Lipinski definition) is 7. The average molecular weight is 548 g/mol. The number of methoxy groups -OCH3 is 1. The number of carbonyl (C=O) groups is 2. The molecule has 5 rings (SSSR count). The highest BCUT2D eigenvalue weighted by atomic mass is 19.1. The van der Waals surface area contributed by atoms with Gasteiger partial charge in [-0.05, 0) is 79.9 Å². The fourth-order valence-electron chi connectivity index (χ4n) is 5.10. The summed E-state index contributed by atoms with van der Waals surface area (Å²) in [4.78, 5) is 32.4. The minimum Gasteiger partial charge on any atom is -0.497 e. The van der Waals surface area contributed by atoms with Crippen LogP contribution in [0.5, 0.6) is 5.75 Å². The first-order chi connectivity index (χ1) is 19.5. The van der Waals surface area contributed by atoms with Crippen molar-refractivity contribution >= 4 is 17.6 Å². The first-order valence-corrected chi connectivity index (χ1v) is 13.7. The van der Waals surface area contributed by atoms with Crippen LogP contribution in [0.1, 0.15) is 29.6 Å². The molecule has 40 heavy (non-hydrogen) atoms. The van der Waals surface area contributed by atoms with E-state index >= 15 is 0 Å². The molecule has 0 N–H and O–H groups in total. The van der Waals surface area contributed by atoms with Crippen molar-refractivity contribution in [1.82, 2.24) is 20.0 Å². The Morgan fingerprint density at radius 3 is 2.45 bits per heavy atom. The molecule has 0 spiro atoms. The molecule has 1 atom stereocenters. The molecule has 210 valence electrons. The number of halogens is 1. The molecule has 0 radical (unpaired) electrons. The summed E-state index contributed by atoms with van der Waals surface area (Å²) in [5.74, 6) is 0.827. The van der Waals surface area contributed by atoms with Crippen molar-refractivity contribution in [2.24, 2.45) is 0 Å². The van der Waals surface area contributed by atoms with Gasteiger partial charge in [-0.25, -0.2) is 4.39 Å². The van der Waals surface area contributed by atoms with Gasteiger partial charge in [0.2, 0.25) is 5.91 Å². The molecule has 0 bridgehead atoms.